The first-order valence-corrected chi connectivity index (χ1v) is 17.0. The summed E-state index contributed by atoms with van der Waals surface area (Å²) in [5, 5.41) is 114. The second-order valence-corrected chi connectivity index (χ2v) is 13.0. The average molecular weight is 803 g/mol. The van der Waals surface area contributed by atoms with Gasteiger partial charge in [0.1, 0.15) is 71.8 Å². The van der Waals surface area contributed by atoms with Crippen molar-refractivity contribution in [3.05, 3.63) is 70.4 Å². The molecule has 20 nitrogen and oxygen atoms in total. The first kappa shape index (κ1) is 41.0. The van der Waals surface area contributed by atoms with Gasteiger partial charge in [-0.1, -0.05) is 6.07 Å². The van der Waals surface area contributed by atoms with Gasteiger partial charge in [-0.2, -0.15) is 0 Å². The molecule has 6 rings (SSSR count). The highest BCUT2D eigenvalue weighted by Gasteiger charge is 2.52. The number of phenolic OH excluding ortho intramolecular Hbond substituents is 5. The Labute approximate surface area is 320 Å². The summed E-state index contributed by atoms with van der Waals surface area (Å²) in [6.07, 6.45) is -16.7. The standard InChI is InChI=1S/C37H38O20/c1-51-21-8-14(2-5-18(21)41)3-7-25(44)52-13-24-28(46)31(49)35(57-36-32(50)30(48)27(45)23(12-38)54-36)37(55-24)56-34-29(47)26-20(43)10-16(39)11-22(26)53-33(34)15-4-6-17(40)19(42)9-15/h2-11,23-24,27-28,30-32,35-43,45-46,48-50H,12-13H2,1H3/b7-3+/t23-,24-,27-,28-,30+,31+,32-,35-,36?,37?/m1/s1. The van der Waals surface area contributed by atoms with E-state index < -0.39 is 126 Å². The molecule has 0 spiro atoms. The Morgan fingerprint density at radius 2 is 1.47 bits per heavy atom. The molecule has 3 heterocycles. The quantitative estimate of drug-likeness (QED) is 0.0505. The molecule has 3 aromatic carbocycles. The zero-order valence-corrected chi connectivity index (χ0v) is 29.6. The number of hydrogen-bond acceptors (Lipinski definition) is 20. The fourth-order valence-electron chi connectivity index (χ4n) is 6.14. The number of fused-ring (bicyclic) bond motifs is 1. The van der Waals surface area contributed by atoms with Gasteiger partial charge < -0.3 is 89.0 Å². The Bertz CT molecular complexity index is 2180. The Morgan fingerprint density at radius 3 is 2.18 bits per heavy atom. The largest absolute Gasteiger partial charge is 0.508 e. The number of carbonyl (C=O) groups is 1. The second-order valence-electron chi connectivity index (χ2n) is 13.0. The first-order chi connectivity index (χ1) is 27.1. The number of carbonyl (C=O) groups excluding carboxylic acids is 1. The fourth-order valence-corrected chi connectivity index (χ4v) is 6.14. The van der Waals surface area contributed by atoms with Gasteiger partial charge in [0, 0.05) is 23.8 Å². The smallest absolute Gasteiger partial charge is 0.330 e. The van der Waals surface area contributed by atoms with E-state index in [1.165, 1.54) is 37.5 Å². The maximum Gasteiger partial charge on any atom is 0.330 e. The number of esters is 1. The molecular weight excluding hydrogens is 764 g/mol. The monoisotopic (exact) mass is 802 g/mol. The Kier molecular flexibility index (Phi) is 12.1. The highest BCUT2D eigenvalue weighted by atomic mass is 16.8. The van der Waals surface area contributed by atoms with Crippen molar-refractivity contribution in [1.29, 1.82) is 0 Å². The summed E-state index contributed by atoms with van der Waals surface area (Å²) in [5.41, 5.74) is -1.18. The van der Waals surface area contributed by atoms with Crippen molar-refractivity contribution in [2.45, 2.75) is 61.4 Å². The van der Waals surface area contributed by atoms with E-state index in [9.17, 15) is 65.8 Å². The lowest BCUT2D eigenvalue weighted by Crippen LogP contribution is -2.65. The minimum atomic E-state index is -2.10. The topological polar surface area (TPSA) is 325 Å². The zero-order valence-electron chi connectivity index (χ0n) is 29.6. The second kappa shape index (κ2) is 16.8. The highest BCUT2D eigenvalue weighted by molar-refractivity contribution is 5.88. The molecule has 10 atom stereocenters. The zero-order chi connectivity index (χ0) is 41.3. The highest BCUT2D eigenvalue weighted by Crippen LogP contribution is 2.40. The number of aliphatic hydroxyl groups is 6. The number of rotatable bonds is 11. The minimum absolute atomic E-state index is 0.117. The lowest BCUT2D eigenvalue weighted by atomic mass is 9.97. The number of benzene rings is 3. The number of hydrogen-bond donors (Lipinski definition) is 11. The van der Waals surface area contributed by atoms with Crippen molar-refractivity contribution < 1.29 is 93.8 Å². The van der Waals surface area contributed by atoms with Crippen LogP contribution in [-0.2, 0) is 23.7 Å². The van der Waals surface area contributed by atoms with Crippen LogP contribution in [0.2, 0.25) is 0 Å². The Balaban J connectivity index is 1.36. The van der Waals surface area contributed by atoms with E-state index in [1.54, 1.807) is 0 Å². The van der Waals surface area contributed by atoms with E-state index in [-0.39, 0.29) is 22.6 Å². The van der Waals surface area contributed by atoms with Gasteiger partial charge >= 0.3 is 5.97 Å². The number of ether oxygens (including phenoxy) is 6. The number of aromatic hydroxyl groups is 5. The van der Waals surface area contributed by atoms with Gasteiger partial charge in [-0.05, 0) is 42.0 Å². The van der Waals surface area contributed by atoms with Crippen molar-refractivity contribution in [2.24, 2.45) is 0 Å². The summed E-state index contributed by atoms with van der Waals surface area (Å²) < 4.78 is 39.2. The molecular formula is C37H38O20. The predicted molar refractivity (Wildman–Crippen MR) is 189 cm³/mol. The van der Waals surface area contributed by atoms with Crippen molar-refractivity contribution in [1.82, 2.24) is 0 Å². The molecule has 2 fully saturated rings. The molecule has 2 unspecified atom stereocenters. The van der Waals surface area contributed by atoms with E-state index in [1.807, 2.05) is 0 Å². The third-order valence-electron chi connectivity index (χ3n) is 9.18. The lowest BCUT2D eigenvalue weighted by molar-refractivity contribution is -0.358. The van der Waals surface area contributed by atoms with Crippen molar-refractivity contribution >= 4 is 23.0 Å². The van der Waals surface area contributed by atoms with Gasteiger partial charge in [0.2, 0.25) is 17.5 Å². The summed E-state index contributed by atoms with van der Waals surface area (Å²) in [6.45, 7) is -1.63. The van der Waals surface area contributed by atoms with E-state index >= 15 is 0 Å². The molecule has 0 bridgehead atoms. The van der Waals surface area contributed by atoms with Crippen LogP contribution < -0.4 is 14.9 Å². The van der Waals surface area contributed by atoms with Gasteiger partial charge in [0.15, 0.2) is 41.2 Å². The van der Waals surface area contributed by atoms with Crippen LogP contribution in [-0.4, -0.2) is 144 Å². The van der Waals surface area contributed by atoms with Crippen LogP contribution in [0.3, 0.4) is 0 Å². The van der Waals surface area contributed by atoms with Gasteiger partial charge in [0.05, 0.1) is 13.7 Å². The maximum atomic E-state index is 14.1. The van der Waals surface area contributed by atoms with Gasteiger partial charge in [-0.25, -0.2) is 4.79 Å². The average Bonchev–Trinajstić information content (AvgIpc) is 3.18. The third-order valence-corrected chi connectivity index (χ3v) is 9.18. The number of phenols is 5. The van der Waals surface area contributed by atoms with E-state index in [4.69, 9.17) is 32.8 Å². The summed E-state index contributed by atoms with van der Waals surface area (Å²) >= 11 is 0. The fraction of sp³-hybridized carbons (Fsp3) is 0.351. The molecule has 0 saturated carbocycles. The third kappa shape index (κ3) is 8.39. The van der Waals surface area contributed by atoms with Gasteiger partial charge in [-0.3, -0.25) is 4.79 Å². The normalized spacial score (nSPS) is 27.7. The van der Waals surface area contributed by atoms with Crippen LogP contribution in [0.25, 0.3) is 28.4 Å². The van der Waals surface area contributed by atoms with Crippen LogP contribution >= 0.6 is 0 Å². The van der Waals surface area contributed by atoms with Crippen LogP contribution in [0.4, 0.5) is 0 Å². The molecule has 4 aromatic rings. The molecule has 2 saturated heterocycles. The van der Waals surface area contributed by atoms with Crippen LogP contribution in [0, 0.1) is 0 Å². The summed E-state index contributed by atoms with van der Waals surface area (Å²) in [7, 11) is 1.33. The SMILES string of the molecule is COc1cc(/C=C/C(=O)OC[C@H]2OC(Oc3c(-c4ccc(O)c(O)c4)oc4cc(O)cc(O)c4c3=O)[C@H](OC3O[C@H](CO)[C@@H](O)[C@H](O)[C@H]3O)[C@@H](O)[C@@H]2O)ccc1O. The van der Waals surface area contributed by atoms with E-state index in [2.05, 4.69) is 0 Å². The van der Waals surface area contributed by atoms with Crippen LogP contribution in [0.1, 0.15) is 5.56 Å². The molecule has 57 heavy (non-hydrogen) atoms. The van der Waals surface area contributed by atoms with Crippen molar-refractivity contribution in [2.75, 3.05) is 20.3 Å². The van der Waals surface area contributed by atoms with E-state index in [0.717, 1.165) is 30.3 Å². The van der Waals surface area contributed by atoms with Gasteiger partial charge in [0.25, 0.3) is 0 Å². The van der Waals surface area contributed by atoms with Crippen LogP contribution in [0.5, 0.6) is 40.2 Å². The maximum absolute atomic E-state index is 14.1. The predicted octanol–water partition coefficient (Wildman–Crippen LogP) is -0.736. The molecule has 1 aromatic heterocycles. The molecule has 0 aliphatic carbocycles. The molecule has 0 radical (unpaired) electrons. The minimum Gasteiger partial charge on any atom is -0.508 e. The van der Waals surface area contributed by atoms with Crippen molar-refractivity contribution in [3.8, 4) is 51.6 Å². The Hall–Kier alpha value is -5.68. The van der Waals surface area contributed by atoms with E-state index in [0.29, 0.717) is 5.56 Å². The van der Waals surface area contributed by atoms with Gasteiger partial charge in [-0.15, -0.1) is 0 Å². The molecule has 2 aliphatic rings. The molecule has 0 amide bonds. The summed E-state index contributed by atoms with van der Waals surface area (Å²) in [6, 6.07) is 9.26. The Morgan fingerprint density at radius 1 is 0.772 bits per heavy atom. The first-order valence-electron chi connectivity index (χ1n) is 17.0. The van der Waals surface area contributed by atoms with Crippen LogP contribution in [0.15, 0.2) is 63.8 Å². The number of aliphatic hydroxyl groups excluding tert-OH is 6. The molecule has 11 N–H and O–H groups in total. The summed E-state index contributed by atoms with van der Waals surface area (Å²) in [4.78, 5) is 26.8. The molecule has 20 heteroatoms. The van der Waals surface area contributed by atoms with Crippen molar-refractivity contribution in [3.63, 3.8) is 0 Å². The molecule has 2 aliphatic heterocycles. The number of methoxy groups -OCH3 is 1. The molecule has 306 valence electrons. The lowest BCUT2D eigenvalue weighted by Gasteiger charge is -2.45. The summed E-state index contributed by atoms with van der Waals surface area (Å²) in [5.74, 6) is -4.77.